The number of hydrogen-bond donors (Lipinski definition) is 1. The first-order chi connectivity index (χ1) is 7.95. The van der Waals surface area contributed by atoms with Crippen molar-refractivity contribution >= 4 is 44.6 Å². The predicted molar refractivity (Wildman–Crippen MR) is 68.3 cm³/mol. The Bertz CT molecular complexity index is 514. The molecule has 1 saturated heterocycles. The molecule has 1 atom stereocenters. The summed E-state index contributed by atoms with van der Waals surface area (Å²) in [5.41, 5.74) is 0. The Hall–Kier alpha value is 0.150. The Balaban J connectivity index is 2.28. The maximum absolute atomic E-state index is 12.2. The number of aliphatic hydroxyl groups excluding tert-OH is 1. The predicted octanol–water partition coefficient (Wildman–Crippen LogP) is 2.06. The monoisotopic (exact) mass is 315 g/mol. The van der Waals surface area contributed by atoms with Crippen molar-refractivity contribution in [1.82, 2.24) is 4.31 Å². The second kappa shape index (κ2) is 5.03. The van der Waals surface area contributed by atoms with Gasteiger partial charge in [-0.25, -0.2) is 8.42 Å². The van der Waals surface area contributed by atoms with Gasteiger partial charge in [0.05, 0.1) is 4.34 Å². The number of sulfonamides is 1. The number of rotatable bonds is 3. The molecule has 0 spiro atoms. The number of nitrogens with zero attached hydrogens (tertiary/aromatic N) is 1. The van der Waals surface area contributed by atoms with Crippen LogP contribution < -0.4 is 0 Å². The Morgan fingerprint density at radius 2 is 2.24 bits per heavy atom. The lowest BCUT2D eigenvalue weighted by Gasteiger charge is -2.15. The Kier molecular flexibility index (Phi) is 4.02. The first-order valence-electron chi connectivity index (χ1n) is 5.01. The van der Waals surface area contributed by atoms with Gasteiger partial charge in [-0.1, -0.05) is 23.2 Å². The Morgan fingerprint density at radius 3 is 2.71 bits per heavy atom. The summed E-state index contributed by atoms with van der Waals surface area (Å²) >= 11 is 12.6. The molecule has 2 heterocycles. The van der Waals surface area contributed by atoms with E-state index in [1.807, 2.05) is 0 Å². The number of aliphatic hydroxyl groups is 1. The van der Waals surface area contributed by atoms with Crippen molar-refractivity contribution in [3.63, 3.8) is 0 Å². The zero-order valence-corrected chi connectivity index (χ0v) is 11.9. The average Bonchev–Trinajstić information content (AvgIpc) is 2.85. The highest BCUT2D eigenvalue weighted by molar-refractivity contribution is 7.89. The summed E-state index contributed by atoms with van der Waals surface area (Å²) in [5, 5.41) is 9.01. The molecule has 0 bridgehead atoms. The quantitative estimate of drug-likeness (QED) is 0.928. The zero-order valence-electron chi connectivity index (χ0n) is 8.77. The van der Waals surface area contributed by atoms with Crippen LogP contribution in [0.25, 0.3) is 0 Å². The van der Waals surface area contributed by atoms with E-state index in [0.29, 0.717) is 23.8 Å². The summed E-state index contributed by atoms with van der Waals surface area (Å²) in [5.74, 6) is 0.0117. The van der Waals surface area contributed by atoms with E-state index >= 15 is 0 Å². The molecule has 1 aromatic heterocycles. The molecule has 96 valence electrons. The summed E-state index contributed by atoms with van der Waals surface area (Å²) < 4.78 is 26.4. The van der Waals surface area contributed by atoms with Crippen LogP contribution in [0.3, 0.4) is 0 Å². The highest BCUT2D eigenvalue weighted by Gasteiger charge is 2.34. The lowest BCUT2D eigenvalue weighted by Crippen LogP contribution is -2.29. The van der Waals surface area contributed by atoms with Gasteiger partial charge in [-0.3, -0.25) is 0 Å². The van der Waals surface area contributed by atoms with Gasteiger partial charge in [-0.05, 0) is 18.4 Å². The van der Waals surface area contributed by atoms with Crippen LogP contribution in [0.5, 0.6) is 0 Å². The van der Waals surface area contributed by atoms with Crippen LogP contribution in [-0.2, 0) is 10.0 Å². The zero-order chi connectivity index (χ0) is 12.6. The summed E-state index contributed by atoms with van der Waals surface area (Å²) in [6.07, 6.45) is 0.672. The van der Waals surface area contributed by atoms with E-state index in [1.54, 1.807) is 0 Å². The molecule has 1 N–H and O–H groups in total. The van der Waals surface area contributed by atoms with E-state index in [-0.39, 0.29) is 21.8 Å². The minimum atomic E-state index is -3.58. The maximum Gasteiger partial charge on any atom is 0.245 e. The SMILES string of the molecule is O=S(=O)(c1cc(Cl)sc1Cl)N1CCC(CO)C1. The van der Waals surface area contributed by atoms with Gasteiger partial charge >= 0.3 is 0 Å². The molecule has 1 aromatic rings. The molecule has 0 aromatic carbocycles. The van der Waals surface area contributed by atoms with Gasteiger partial charge in [0.15, 0.2) is 0 Å². The number of halogens is 2. The summed E-state index contributed by atoms with van der Waals surface area (Å²) in [7, 11) is -3.58. The van der Waals surface area contributed by atoms with Crippen LogP contribution in [0.15, 0.2) is 11.0 Å². The Morgan fingerprint density at radius 1 is 1.53 bits per heavy atom. The van der Waals surface area contributed by atoms with E-state index < -0.39 is 10.0 Å². The molecular weight excluding hydrogens is 305 g/mol. The molecule has 0 aliphatic carbocycles. The van der Waals surface area contributed by atoms with Crippen LogP contribution >= 0.6 is 34.5 Å². The van der Waals surface area contributed by atoms with Gasteiger partial charge in [0, 0.05) is 19.7 Å². The Labute approximate surface area is 114 Å². The largest absolute Gasteiger partial charge is 0.396 e. The standard InChI is InChI=1S/C9H11Cl2NO3S2/c10-8-3-7(9(11)16-8)17(14,15)12-2-1-6(4-12)5-13/h3,6,13H,1-2,4-5H2. The summed E-state index contributed by atoms with van der Waals surface area (Å²) in [4.78, 5) is 0.0627. The van der Waals surface area contributed by atoms with E-state index in [0.717, 1.165) is 11.3 Å². The smallest absolute Gasteiger partial charge is 0.245 e. The fraction of sp³-hybridized carbons (Fsp3) is 0.556. The second-order valence-electron chi connectivity index (χ2n) is 3.89. The van der Waals surface area contributed by atoms with Gasteiger partial charge < -0.3 is 5.11 Å². The number of thiophene rings is 1. The van der Waals surface area contributed by atoms with Gasteiger partial charge in [-0.15, -0.1) is 11.3 Å². The summed E-state index contributed by atoms with van der Waals surface area (Å²) in [6, 6.07) is 1.37. The van der Waals surface area contributed by atoms with Crippen molar-refractivity contribution in [3.05, 3.63) is 14.7 Å². The van der Waals surface area contributed by atoms with Crippen molar-refractivity contribution in [2.45, 2.75) is 11.3 Å². The normalized spacial score (nSPS) is 22.2. The molecule has 8 heteroatoms. The third-order valence-electron chi connectivity index (χ3n) is 2.75. The molecule has 1 unspecified atom stereocenters. The topological polar surface area (TPSA) is 57.6 Å². The third kappa shape index (κ3) is 2.62. The minimum Gasteiger partial charge on any atom is -0.396 e. The van der Waals surface area contributed by atoms with Crippen LogP contribution in [0.2, 0.25) is 8.67 Å². The molecule has 0 amide bonds. The molecule has 0 saturated carbocycles. The molecule has 4 nitrogen and oxygen atoms in total. The van der Waals surface area contributed by atoms with Crippen LogP contribution in [0.1, 0.15) is 6.42 Å². The van der Waals surface area contributed by atoms with E-state index in [1.165, 1.54) is 10.4 Å². The molecule has 1 aliphatic heterocycles. The molecule has 0 radical (unpaired) electrons. The number of hydrogen-bond acceptors (Lipinski definition) is 4. The molecule has 2 rings (SSSR count). The lowest BCUT2D eigenvalue weighted by atomic mass is 10.1. The second-order valence-corrected chi connectivity index (χ2v) is 8.08. The van der Waals surface area contributed by atoms with Crippen molar-refractivity contribution in [2.24, 2.45) is 5.92 Å². The molecule has 1 fully saturated rings. The van der Waals surface area contributed by atoms with Gasteiger partial charge in [0.1, 0.15) is 9.23 Å². The maximum atomic E-state index is 12.2. The molecular formula is C9H11Cl2NO3S2. The van der Waals surface area contributed by atoms with E-state index in [4.69, 9.17) is 28.3 Å². The highest BCUT2D eigenvalue weighted by Crippen LogP contribution is 2.37. The van der Waals surface area contributed by atoms with E-state index in [2.05, 4.69) is 0 Å². The van der Waals surface area contributed by atoms with Crippen LogP contribution in [0.4, 0.5) is 0 Å². The fourth-order valence-electron chi connectivity index (χ4n) is 1.80. The highest BCUT2D eigenvalue weighted by atomic mass is 35.5. The van der Waals surface area contributed by atoms with Crippen LogP contribution in [-0.4, -0.2) is 37.5 Å². The van der Waals surface area contributed by atoms with Gasteiger partial charge in [0.2, 0.25) is 10.0 Å². The van der Waals surface area contributed by atoms with Crippen molar-refractivity contribution in [3.8, 4) is 0 Å². The van der Waals surface area contributed by atoms with Gasteiger partial charge in [0.25, 0.3) is 0 Å². The third-order valence-corrected chi connectivity index (χ3v) is 6.37. The molecule has 17 heavy (non-hydrogen) atoms. The first kappa shape index (κ1) is 13.6. The van der Waals surface area contributed by atoms with E-state index in [9.17, 15) is 8.42 Å². The van der Waals surface area contributed by atoms with Crippen LogP contribution in [0, 0.1) is 5.92 Å². The average molecular weight is 316 g/mol. The first-order valence-corrected chi connectivity index (χ1v) is 8.02. The van der Waals surface area contributed by atoms with Gasteiger partial charge in [-0.2, -0.15) is 4.31 Å². The van der Waals surface area contributed by atoms with Crippen molar-refractivity contribution in [2.75, 3.05) is 19.7 Å². The minimum absolute atomic E-state index is 0.00411. The lowest BCUT2D eigenvalue weighted by molar-refractivity contribution is 0.233. The molecule has 1 aliphatic rings. The van der Waals surface area contributed by atoms with Crippen molar-refractivity contribution in [1.29, 1.82) is 0 Å². The fourth-order valence-corrected chi connectivity index (χ4v) is 5.45. The summed E-state index contributed by atoms with van der Waals surface area (Å²) in [6.45, 7) is 0.754. The van der Waals surface area contributed by atoms with Crippen molar-refractivity contribution < 1.29 is 13.5 Å².